The van der Waals surface area contributed by atoms with E-state index in [0.717, 1.165) is 36.3 Å². The molecule has 0 saturated heterocycles. The van der Waals surface area contributed by atoms with Crippen LogP contribution in [0.1, 0.15) is 43.8 Å². The van der Waals surface area contributed by atoms with Gasteiger partial charge in [0.05, 0.1) is 23.3 Å². The minimum Gasteiger partial charge on any atom is -0.257 e. The van der Waals surface area contributed by atoms with Crippen LogP contribution in [0.4, 0.5) is 0 Å². The van der Waals surface area contributed by atoms with E-state index in [1.807, 2.05) is 19.2 Å². The summed E-state index contributed by atoms with van der Waals surface area (Å²) >= 11 is 0. The van der Waals surface area contributed by atoms with Crippen LogP contribution in [0.25, 0.3) is 6.08 Å². The molecule has 14 heavy (non-hydrogen) atoms. The lowest BCUT2D eigenvalue weighted by molar-refractivity contribution is 0.849. The largest absolute Gasteiger partial charge is 0.257 e. The molecular formula is C12H18N2. The zero-order chi connectivity index (χ0) is 10.4. The van der Waals surface area contributed by atoms with E-state index in [2.05, 4.69) is 29.9 Å². The highest BCUT2D eigenvalue weighted by atomic mass is 14.8. The van der Waals surface area contributed by atoms with Crippen LogP contribution in [0.15, 0.2) is 12.3 Å². The van der Waals surface area contributed by atoms with Crippen LogP contribution in [0, 0.1) is 6.92 Å². The summed E-state index contributed by atoms with van der Waals surface area (Å²) in [5.41, 5.74) is 3.16. The van der Waals surface area contributed by atoms with Gasteiger partial charge in [-0.1, -0.05) is 26.3 Å². The molecule has 0 bridgehead atoms. The highest BCUT2D eigenvalue weighted by Gasteiger charge is 2.00. The molecule has 0 amide bonds. The summed E-state index contributed by atoms with van der Waals surface area (Å²) in [6.07, 6.45) is 9.16. The van der Waals surface area contributed by atoms with Crippen LogP contribution < -0.4 is 0 Å². The average molecular weight is 190 g/mol. The van der Waals surface area contributed by atoms with Crippen LogP contribution in [0.3, 0.4) is 0 Å². The molecule has 2 heteroatoms. The highest BCUT2D eigenvalue weighted by Crippen LogP contribution is 2.07. The molecule has 0 aromatic carbocycles. The van der Waals surface area contributed by atoms with E-state index >= 15 is 0 Å². The fourth-order valence-corrected chi connectivity index (χ4v) is 1.30. The molecule has 0 atom stereocenters. The van der Waals surface area contributed by atoms with E-state index in [-0.39, 0.29) is 0 Å². The van der Waals surface area contributed by atoms with Crippen molar-refractivity contribution in [3.8, 4) is 0 Å². The molecule has 1 aromatic heterocycles. The third-order valence-corrected chi connectivity index (χ3v) is 2.08. The Labute approximate surface area is 86.1 Å². The molecule has 0 N–H and O–H groups in total. The normalized spacial score (nSPS) is 11.1. The standard InChI is InChI=1S/C12H18N2/c1-4-6-8-11-9-13-10(3)12(14-11)7-5-2/h6,8-9H,4-5,7H2,1-3H3/b8-6+. The lowest BCUT2D eigenvalue weighted by atomic mass is 10.2. The Morgan fingerprint density at radius 3 is 2.79 bits per heavy atom. The van der Waals surface area contributed by atoms with E-state index in [1.54, 1.807) is 0 Å². The van der Waals surface area contributed by atoms with Crippen LogP contribution in [0.2, 0.25) is 0 Å². The average Bonchev–Trinajstić information content (AvgIpc) is 2.19. The van der Waals surface area contributed by atoms with Gasteiger partial charge in [-0.15, -0.1) is 0 Å². The lowest BCUT2D eigenvalue weighted by Crippen LogP contribution is -1.98. The Morgan fingerprint density at radius 1 is 1.36 bits per heavy atom. The van der Waals surface area contributed by atoms with Crippen molar-refractivity contribution in [2.75, 3.05) is 0 Å². The number of aryl methyl sites for hydroxylation is 2. The summed E-state index contributed by atoms with van der Waals surface area (Å²) in [4.78, 5) is 8.89. The lowest BCUT2D eigenvalue weighted by Gasteiger charge is -2.03. The molecule has 0 aliphatic rings. The number of aromatic nitrogens is 2. The quantitative estimate of drug-likeness (QED) is 0.728. The molecule has 0 saturated carbocycles. The van der Waals surface area contributed by atoms with Gasteiger partial charge in [0.25, 0.3) is 0 Å². The van der Waals surface area contributed by atoms with Gasteiger partial charge in [-0.05, 0) is 25.8 Å². The fraction of sp³-hybridized carbons (Fsp3) is 0.500. The minimum atomic E-state index is 0.973. The summed E-state index contributed by atoms with van der Waals surface area (Å²) < 4.78 is 0. The number of nitrogens with zero attached hydrogens (tertiary/aromatic N) is 2. The zero-order valence-corrected chi connectivity index (χ0v) is 9.25. The van der Waals surface area contributed by atoms with Crippen LogP contribution in [-0.4, -0.2) is 9.97 Å². The van der Waals surface area contributed by atoms with E-state index in [1.165, 1.54) is 0 Å². The van der Waals surface area contributed by atoms with Crippen molar-refractivity contribution < 1.29 is 0 Å². The maximum absolute atomic E-state index is 4.55. The first-order chi connectivity index (χ1) is 6.77. The zero-order valence-electron chi connectivity index (χ0n) is 9.25. The van der Waals surface area contributed by atoms with Crippen molar-refractivity contribution >= 4 is 6.08 Å². The van der Waals surface area contributed by atoms with E-state index in [9.17, 15) is 0 Å². The topological polar surface area (TPSA) is 25.8 Å². The molecule has 76 valence electrons. The van der Waals surface area contributed by atoms with Crippen molar-refractivity contribution in [3.63, 3.8) is 0 Å². The van der Waals surface area contributed by atoms with Gasteiger partial charge in [0, 0.05) is 0 Å². The Morgan fingerprint density at radius 2 is 2.14 bits per heavy atom. The Bertz CT molecular complexity index is 316. The summed E-state index contributed by atoms with van der Waals surface area (Å²) in [5, 5.41) is 0. The molecule has 1 rings (SSSR count). The van der Waals surface area contributed by atoms with Crippen molar-refractivity contribution in [2.45, 2.75) is 40.0 Å². The minimum absolute atomic E-state index is 0.973. The Balaban J connectivity index is 2.88. The van der Waals surface area contributed by atoms with Gasteiger partial charge >= 0.3 is 0 Å². The van der Waals surface area contributed by atoms with Gasteiger partial charge in [-0.3, -0.25) is 4.98 Å². The van der Waals surface area contributed by atoms with Gasteiger partial charge < -0.3 is 0 Å². The van der Waals surface area contributed by atoms with Gasteiger partial charge in [-0.2, -0.15) is 0 Å². The van der Waals surface area contributed by atoms with E-state index < -0.39 is 0 Å². The predicted octanol–water partition coefficient (Wildman–Crippen LogP) is 3.16. The smallest absolute Gasteiger partial charge is 0.0813 e. The summed E-state index contributed by atoms with van der Waals surface area (Å²) in [6, 6.07) is 0. The Kier molecular flexibility index (Phi) is 4.30. The third kappa shape index (κ3) is 2.95. The van der Waals surface area contributed by atoms with E-state index in [0.29, 0.717) is 0 Å². The fourth-order valence-electron chi connectivity index (χ4n) is 1.30. The van der Waals surface area contributed by atoms with Gasteiger partial charge in [0.2, 0.25) is 0 Å². The number of allylic oxidation sites excluding steroid dienone is 1. The van der Waals surface area contributed by atoms with E-state index in [4.69, 9.17) is 0 Å². The molecule has 1 heterocycles. The maximum Gasteiger partial charge on any atom is 0.0813 e. The van der Waals surface area contributed by atoms with Gasteiger partial charge in [0.1, 0.15) is 0 Å². The molecule has 1 aromatic rings. The van der Waals surface area contributed by atoms with Gasteiger partial charge in [-0.25, -0.2) is 4.98 Å². The van der Waals surface area contributed by atoms with Crippen LogP contribution >= 0.6 is 0 Å². The second-order valence-corrected chi connectivity index (χ2v) is 3.39. The predicted molar refractivity (Wildman–Crippen MR) is 60.1 cm³/mol. The van der Waals surface area contributed by atoms with Crippen LogP contribution in [0.5, 0.6) is 0 Å². The molecule has 0 radical (unpaired) electrons. The molecule has 0 spiro atoms. The van der Waals surface area contributed by atoms with Crippen molar-refractivity contribution in [2.24, 2.45) is 0 Å². The molecule has 0 fully saturated rings. The third-order valence-electron chi connectivity index (χ3n) is 2.08. The molecule has 2 nitrogen and oxygen atoms in total. The summed E-state index contributed by atoms with van der Waals surface area (Å²) in [6.45, 7) is 6.30. The Hall–Kier alpha value is -1.18. The van der Waals surface area contributed by atoms with Crippen molar-refractivity contribution in [1.29, 1.82) is 0 Å². The molecule has 0 unspecified atom stereocenters. The second kappa shape index (κ2) is 5.53. The number of rotatable bonds is 4. The highest BCUT2D eigenvalue weighted by molar-refractivity contribution is 5.43. The van der Waals surface area contributed by atoms with Crippen molar-refractivity contribution in [1.82, 2.24) is 9.97 Å². The summed E-state index contributed by atoms with van der Waals surface area (Å²) in [7, 11) is 0. The first-order valence-electron chi connectivity index (χ1n) is 5.27. The molecular weight excluding hydrogens is 172 g/mol. The van der Waals surface area contributed by atoms with Crippen LogP contribution in [-0.2, 0) is 6.42 Å². The monoisotopic (exact) mass is 190 g/mol. The molecule has 0 aliphatic carbocycles. The second-order valence-electron chi connectivity index (χ2n) is 3.39. The first-order valence-corrected chi connectivity index (χ1v) is 5.27. The van der Waals surface area contributed by atoms with Gasteiger partial charge in [0.15, 0.2) is 0 Å². The van der Waals surface area contributed by atoms with Crippen molar-refractivity contribution in [3.05, 3.63) is 29.4 Å². The molecule has 0 aliphatic heterocycles. The SMILES string of the molecule is CC/C=C/c1cnc(C)c(CCC)n1. The number of hydrogen-bond donors (Lipinski definition) is 0. The summed E-state index contributed by atoms with van der Waals surface area (Å²) in [5.74, 6) is 0. The maximum atomic E-state index is 4.55. The number of hydrogen-bond acceptors (Lipinski definition) is 2. The first kappa shape index (κ1) is 10.9.